The first-order valence-electron chi connectivity index (χ1n) is 8.55. The van der Waals surface area contributed by atoms with Crippen molar-refractivity contribution in [3.63, 3.8) is 0 Å². The minimum atomic E-state index is -2.60. The molecule has 128 valence electrons. The van der Waals surface area contributed by atoms with Crippen LogP contribution in [0.15, 0.2) is 0 Å². The first-order chi connectivity index (χ1) is 10.1. The molecule has 0 aromatic heterocycles. The molecule has 22 heavy (non-hydrogen) atoms. The predicted octanol–water partition coefficient (Wildman–Crippen LogP) is 3.50. The van der Waals surface area contributed by atoms with Crippen LogP contribution in [0.5, 0.6) is 0 Å². The quantitative estimate of drug-likeness (QED) is 0.837. The van der Waals surface area contributed by atoms with Crippen LogP contribution < -0.4 is 5.32 Å². The molecular formula is C17H29F2NO2. The third-order valence-corrected chi connectivity index (χ3v) is 5.49. The van der Waals surface area contributed by atoms with Crippen LogP contribution in [0.25, 0.3) is 0 Å². The lowest BCUT2D eigenvalue weighted by atomic mass is 9.66. The maximum absolute atomic E-state index is 13.2. The molecule has 0 spiro atoms. The van der Waals surface area contributed by atoms with E-state index < -0.39 is 11.5 Å². The molecule has 0 heterocycles. The van der Waals surface area contributed by atoms with Crippen LogP contribution in [-0.4, -0.2) is 28.6 Å². The molecule has 2 N–H and O–H groups in total. The number of hydrogen-bond donors (Lipinski definition) is 2. The largest absolute Gasteiger partial charge is 0.380 e. The molecule has 2 rings (SSSR count). The van der Waals surface area contributed by atoms with E-state index in [2.05, 4.69) is 12.2 Å². The van der Waals surface area contributed by atoms with Crippen LogP contribution in [0.4, 0.5) is 8.78 Å². The maximum Gasteiger partial charge on any atom is 0.252 e. The summed E-state index contributed by atoms with van der Waals surface area (Å²) in [5, 5.41) is 13.9. The molecule has 1 amide bonds. The van der Waals surface area contributed by atoms with Crippen LogP contribution in [0.1, 0.15) is 65.7 Å². The maximum atomic E-state index is 13.2. The van der Waals surface area contributed by atoms with Crippen LogP contribution in [0, 0.1) is 17.8 Å². The fraction of sp³-hybridized carbons (Fsp3) is 0.941. The number of rotatable bonds is 3. The Morgan fingerprint density at radius 1 is 1.18 bits per heavy atom. The summed E-state index contributed by atoms with van der Waals surface area (Å²) in [7, 11) is 0. The van der Waals surface area contributed by atoms with Crippen molar-refractivity contribution in [1.82, 2.24) is 5.32 Å². The molecule has 0 aromatic carbocycles. The van der Waals surface area contributed by atoms with Gasteiger partial charge in [0.05, 0.1) is 0 Å². The number of hydrogen-bond acceptors (Lipinski definition) is 2. The number of carbonyl (C=O) groups is 1. The van der Waals surface area contributed by atoms with Gasteiger partial charge in [-0.05, 0) is 43.4 Å². The van der Waals surface area contributed by atoms with Gasteiger partial charge in [-0.2, -0.15) is 0 Å². The Kier molecular flexibility index (Phi) is 5.15. The Balaban J connectivity index is 2.02. The van der Waals surface area contributed by atoms with E-state index in [0.29, 0.717) is 12.3 Å². The van der Waals surface area contributed by atoms with E-state index in [-0.39, 0.29) is 49.5 Å². The number of nitrogens with one attached hydrogen (secondary N) is 1. The average molecular weight is 317 g/mol. The highest BCUT2D eigenvalue weighted by atomic mass is 19.3. The number of alkyl halides is 2. The van der Waals surface area contributed by atoms with Crippen LogP contribution in [-0.2, 0) is 4.79 Å². The van der Waals surface area contributed by atoms with Gasteiger partial charge < -0.3 is 10.4 Å². The molecule has 0 bridgehead atoms. The van der Waals surface area contributed by atoms with E-state index >= 15 is 0 Å². The van der Waals surface area contributed by atoms with Gasteiger partial charge in [-0.15, -0.1) is 0 Å². The van der Waals surface area contributed by atoms with Gasteiger partial charge in [-0.25, -0.2) is 8.78 Å². The molecule has 0 radical (unpaired) electrons. The summed E-state index contributed by atoms with van der Waals surface area (Å²) in [5.74, 6) is -2.49. The van der Waals surface area contributed by atoms with E-state index in [4.69, 9.17) is 0 Å². The number of carbonyl (C=O) groups excluding carboxylic acids is 1. The monoisotopic (exact) mass is 317 g/mol. The zero-order chi connectivity index (χ0) is 16.5. The third-order valence-electron chi connectivity index (χ3n) is 5.49. The van der Waals surface area contributed by atoms with Crippen molar-refractivity contribution in [3.05, 3.63) is 0 Å². The van der Waals surface area contributed by atoms with Crippen molar-refractivity contribution in [2.45, 2.75) is 83.3 Å². The Labute approximate surface area is 131 Å². The molecule has 0 aliphatic heterocycles. The normalized spacial score (nSPS) is 36.3. The molecule has 5 heteroatoms. The molecule has 3 nitrogen and oxygen atoms in total. The van der Waals surface area contributed by atoms with Gasteiger partial charge in [0.1, 0.15) is 5.60 Å². The highest BCUT2D eigenvalue weighted by Gasteiger charge is 2.49. The van der Waals surface area contributed by atoms with Gasteiger partial charge in [0.2, 0.25) is 5.92 Å². The third kappa shape index (κ3) is 3.79. The average Bonchev–Trinajstić information content (AvgIpc) is 2.40. The number of halogens is 2. The Morgan fingerprint density at radius 2 is 1.77 bits per heavy atom. The summed E-state index contributed by atoms with van der Waals surface area (Å²) in [6.07, 6.45) is 2.54. The second-order valence-corrected chi connectivity index (χ2v) is 7.77. The Hall–Kier alpha value is -0.710. The molecule has 0 unspecified atom stereocenters. The van der Waals surface area contributed by atoms with Gasteiger partial charge in [-0.3, -0.25) is 4.79 Å². The molecule has 3 atom stereocenters. The van der Waals surface area contributed by atoms with Gasteiger partial charge in [0.25, 0.3) is 5.91 Å². The fourth-order valence-electron chi connectivity index (χ4n) is 4.13. The highest BCUT2D eigenvalue weighted by Crippen LogP contribution is 2.41. The standard InChI is InChI=1S/C17H29F2NO2/c1-11(2)14-5-4-12(3)10-17(14,22)15(21)20-13-6-8-16(18,19)9-7-13/h11-14,22H,4-10H2,1-3H3,(H,20,21)/t12-,14+,17+/m1/s1. The highest BCUT2D eigenvalue weighted by molar-refractivity contribution is 5.85. The SMILES string of the molecule is CC(C)[C@@H]1CC[C@@H](C)C[C@@]1(O)C(=O)NC1CCC(F)(F)CC1. The summed E-state index contributed by atoms with van der Waals surface area (Å²) in [6.45, 7) is 6.11. The van der Waals surface area contributed by atoms with Crippen LogP contribution in [0.3, 0.4) is 0 Å². The Bertz CT molecular complexity index is 403. The van der Waals surface area contributed by atoms with Gasteiger partial charge in [0.15, 0.2) is 0 Å². The molecule has 0 saturated heterocycles. The van der Waals surface area contributed by atoms with Crippen molar-refractivity contribution >= 4 is 5.91 Å². The fourth-order valence-corrected chi connectivity index (χ4v) is 4.13. The smallest absolute Gasteiger partial charge is 0.252 e. The van der Waals surface area contributed by atoms with Crippen molar-refractivity contribution in [3.8, 4) is 0 Å². The summed E-state index contributed by atoms with van der Waals surface area (Å²) >= 11 is 0. The Morgan fingerprint density at radius 3 is 2.32 bits per heavy atom. The summed E-state index contributed by atoms with van der Waals surface area (Å²) in [5.41, 5.74) is -1.36. The first kappa shape index (κ1) is 17.6. The van der Waals surface area contributed by atoms with E-state index in [1.807, 2.05) is 13.8 Å². The van der Waals surface area contributed by atoms with E-state index in [1.54, 1.807) is 0 Å². The van der Waals surface area contributed by atoms with Gasteiger partial charge in [-0.1, -0.05) is 27.2 Å². The van der Waals surface area contributed by atoms with Crippen LogP contribution >= 0.6 is 0 Å². The number of aliphatic hydroxyl groups is 1. The molecule has 2 aliphatic carbocycles. The van der Waals surface area contributed by atoms with E-state index in [9.17, 15) is 18.7 Å². The second kappa shape index (κ2) is 6.42. The lowest BCUT2D eigenvalue weighted by Crippen LogP contribution is -2.58. The molecular weight excluding hydrogens is 288 g/mol. The van der Waals surface area contributed by atoms with Crippen molar-refractivity contribution in [2.24, 2.45) is 17.8 Å². The van der Waals surface area contributed by atoms with Gasteiger partial charge >= 0.3 is 0 Å². The minimum Gasteiger partial charge on any atom is -0.380 e. The molecule has 2 aliphatic rings. The summed E-state index contributed by atoms with van der Waals surface area (Å²) in [6, 6.07) is -0.235. The summed E-state index contributed by atoms with van der Waals surface area (Å²) < 4.78 is 26.4. The molecule has 0 aromatic rings. The second-order valence-electron chi connectivity index (χ2n) is 7.77. The lowest BCUT2D eigenvalue weighted by Gasteiger charge is -2.44. The zero-order valence-electron chi connectivity index (χ0n) is 13.9. The number of amides is 1. The lowest BCUT2D eigenvalue weighted by molar-refractivity contribution is -0.157. The minimum absolute atomic E-state index is 0.0614. The topological polar surface area (TPSA) is 49.3 Å². The molecule has 2 saturated carbocycles. The van der Waals surface area contributed by atoms with Crippen LogP contribution in [0.2, 0.25) is 0 Å². The van der Waals surface area contributed by atoms with E-state index in [1.165, 1.54) is 0 Å². The van der Waals surface area contributed by atoms with Crippen molar-refractivity contribution in [2.75, 3.05) is 0 Å². The summed E-state index contributed by atoms with van der Waals surface area (Å²) in [4.78, 5) is 12.7. The first-order valence-corrected chi connectivity index (χ1v) is 8.55. The van der Waals surface area contributed by atoms with E-state index in [0.717, 1.165) is 12.8 Å². The molecule has 2 fully saturated rings. The predicted molar refractivity (Wildman–Crippen MR) is 81.6 cm³/mol. The van der Waals surface area contributed by atoms with Crippen molar-refractivity contribution < 1.29 is 18.7 Å². The van der Waals surface area contributed by atoms with Gasteiger partial charge in [0, 0.05) is 18.9 Å². The zero-order valence-corrected chi connectivity index (χ0v) is 13.9. The van der Waals surface area contributed by atoms with Crippen molar-refractivity contribution in [1.29, 1.82) is 0 Å².